The molecular weight excluding hydrogens is 440 g/mol. The average molecular weight is 471 g/mol. The number of nitrogens with zero attached hydrogens (tertiary/aromatic N) is 2. The fourth-order valence-corrected chi connectivity index (χ4v) is 3.98. The number of carbonyl (C=O) groups excluding carboxylic acids is 1. The third-order valence-corrected chi connectivity index (χ3v) is 6.25. The van der Waals surface area contributed by atoms with Gasteiger partial charge in [-0.15, -0.1) is 0 Å². The first-order chi connectivity index (χ1) is 16.9. The normalized spacial score (nSPS) is 16.4. The van der Waals surface area contributed by atoms with E-state index >= 15 is 0 Å². The number of amidine groups is 2. The Kier molecular flexibility index (Phi) is 6.16. The summed E-state index contributed by atoms with van der Waals surface area (Å²) in [7, 11) is 0. The first-order valence-electron chi connectivity index (χ1n) is 12.1. The second-order valence-electron chi connectivity index (χ2n) is 9.13. The van der Waals surface area contributed by atoms with E-state index in [1.54, 1.807) is 6.92 Å². The fraction of sp³-hybridized carbons (Fsp3) is 0.321. The zero-order valence-electron chi connectivity index (χ0n) is 20.1. The molecule has 2 saturated carbocycles. The van der Waals surface area contributed by atoms with E-state index in [0.717, 1.165) is 53.5 Å². The highest BCUT2D eigenvalue weighted by Crippen LogP contribution is 2.37. The van der Waals surface area contributed by atoms with E-state index in [-0.39, 0.29) is 6.61 Å². The summed E-state index contributed by atoms with van der Waals surface area (Å²) in [4.78, 5) is 21.9. The minimum absolute atomic E-state index is 0.277. The lowest BCUT2D eigenvalue weighted by atomic mass is 10.0. The summed E-state index contributed by atoms with van der Waals surface area (Å²) in [6.07, 6.45) is 4.39. The monoisotopic (exact) mass is 470 g/mol. The number of rotatable bonds is 8. The molecule has 7 nitrogen and oxygen atoms in total. The van der Waals surface area contributed by atoms with Crippen LogP contribution >= 0.6 is 0 Å². The summed E-state index contributed by atoms with van der Waals surface area (Å²) in [5.41, 5.74) is 16.8. The number of esters is 1. The second kappa shape index (κ2) is 9.41. The number of hydrogen-bond acceptors (Lipinski definition) is 5. The lowest BCUT2D eigenvalue weighted by Crippen LogP contribution is -2.14. The van der Waals surface area contributed by atoms with Crippen LogP contribution < -0.4 is 11.5 Å². The number of furan rings is 1. The van der Waals surface area contributed by atoms with Crippen LogP contribution in [0.5, 0.6) is 0 Å². The van der Waals surface area contributed by atoms with Crippen LogP contribution in [0, 0.1) is 6.92 Å². The molecule has 7 heteroatoms. The Bertz CT molecular complexity index is 1300. The van der Waals surface area contributed by atoms with Gasteiger partial charge in [-0.1, -0.05) is 48.5 Å². The summed E-state index contributed by atoms with van der Waals surface area (Å²) in [5, 5.41) is 0. The van der Waals surface area contributed by atoms with Gasteiger partial charge >= 0.3 is 5.97 Å². The highest BCUT2D eigenvalue weighted by atomic mass is 16.5. The molecule has 1 aromatic heterocycles. The maximum atomic E-state index is 12.9. The van der Waals surface area contributed by atoms with Gasteiger partial charge in [0.2, 0.25) is 0 Å². The molecule has 0 bridgehead atoms. The van der Waals surface area contributed by atoms with Crippen LogP contribution in [0.25, 0.3) is 22.6 Å². The maximum absolute atomic E-state index is 12.9. The van der Waals surface area contributed by atoms with Crippen molar-refractivity contribution in [1.29, 1.82) is 0 Å². The Morgan fingerprint density at radius 3 is 1.74 bits per heavy atom. The summed E-state index contributed by atoms with van der Waals surface area (Å²) >= 11 is 0. The Hall–Kier alpha value is -3.87. The van der Waals surface area contributed by atoms with Crippen molar-refractivity contribution >= 4 is 17.6 Å². The van der Waals surface area contributed by atoms with Crippen molar-refractivity contribution in [2.75, 3.05) is 6.61 Å². The van der Waals surface area contributed by atoms with Crippen molar-refractivity contribution in [2.45, 2.75) is 51.6 Å². The van der Waals surface area contributed by atoms with Crippen LogP contribution in [0.4, 0.5) is 0 Å². The lowest BCUT2D eigenvalue weighted by molar-refractivity contribution is 0.0526. The average Bonchev–Trinajstić information content (AvgIpc) is 3.80. The van der Waals surface area contributed by atoms with Crippen LogP contribution in [0.3, 0.4) is 0 Å². The Morgan fingerprint density at radius 2 is 1.31 bits per heavy atom. The van der Waals surface area contributed by atoms with Gasteiger partial charge in [-0.3, -0.25) is 9.98 Å². The number of carbonyl (C=O) groups is 1. The molecule has 2 aliphatic rings. The molecule has 0 spiro atoms. The minimum Gasteiger partial charge on any atom is -0.462 e. The van der Waals surface area contributed by atoms with Gasteiger partial charge in [0, 0.05) is 27.8 Å². The van der Waals surface area contributed by atoms with Gasteiger partial charge < -0.3 is 20.6 Å². The predicted molar refractivity (Wildman–Crippen MR) is 138 cm³/mol. The quantitative estimate of drug-likeness (QED) is 0.278. The van der Waals surface area contributed by atoms with Crippen LogP contribution in [0.2, 0.25) is 0 Å². The third kappa shape index (κ3) is 4.99. The standard InChI is InChI=1S/C28H30N4O3/c1-3-34-28(33)23-16(2)24(17-4-8-19(9-5-17)26(29)31-21-12-13-21)35-25(23)18-6-10-20(11-7-18)27(30)32-22-14-15-22/h4-11,21-22H,3,12-15H2,1-2H3,(H2,29,31)(H2,30,32). The second-order valence-corrected chi connectivity index (χ2v) is 9.13. The van der Waals surface area contributed by atoms with Crippen molar-refractivity contribution in [3.63, 3.8) is 0 Å². The van der Waals surface area contributed by atoms with Gasteiger partial charge in [-0.2, -0.15) is 0 Å². The molecule has 3 aromatic rings. The third-order valence-electron chi connectivity index (χ3n) is 6.25. The highest BCUT2D eigenvalue weighted by molar-refractivity contribution is 6.01. The molecular formula is C28H30N4O3. The van der Waals surface area contributed by atoms with Gasteiger partial charge in [0.15, 0.2) is 0 Å². The fourth-order valence-electron chi connectivity index (χ4n) is 3.98. The molecule has 2 fully saturated rings. The van der Waals surface area contributed by atoms with Crippen LogP contribution in [0.15, 0.2) is 62.9 Å². The van der Waals surface area contributed by atoms with Crippen molar-refractivity contribution in [3.05, 3.63) is 70.8 Å². The maximum Gasteiger partial charge on any atom is 0.342 e. The van der Waals surface area contributed by atoms with E-state index in [1.807, 2.05) is 55.5 Å². The van der Waals surface area contributed by atoms with Gasteiger partial charge in [0.05, 0.1) is 18.7 Å². The molecule has 1 heterocycles. The Balaban J connectivity index is 1.50. The molecule has 180 valence electrons. The number of nitrogens with two attached hydrogens (primary N) is 2. The number of aliphatic imine (C=N–C) groups is 2. The SMILES string of the molecule is CCOC(=O)c1c(-c2ccc(C(N)=NC3CC3)cc2)oc(-c2ccc(C(N)=NC3CC3)cc2)c1C. The van der Waals surface area contributed by atoms with Gasteiger partial charge in [-0.25, -0.2) is 4.79 Å². The summed E-state index contributed by atoms with van der Waals surface area (Å²) < 4.78 is 11.7. The number of benzene rings is 2. The lowest BCUT2D eigenvalue weighted by Gasteiger charge is -2.05. The predicted octanol–water partition coefficient (Wildman–Crippen LogP) is 4.83. The van der Waals surface area contributed by atoms with E-state index in [4.69, 9.17) is 20.6 Å². The molecule has 0 radical (unpaired) electrons. The molecule has 35 heavy (non-hydrogen) atoms. The van der Waals surface area contributed by atoms with Crippen molar-refractivity contribution in [1.82, 2.24) is 0 Å². The Labute approximate surface area is 204 Å². The summed E-state index contributed by atoms with van der Waals surface area (Å²) in [6.45, 7) is 3.94. The minimum atomic E-state index is -0.411. The summed E-state index contributed by atoms with van der Waals surface area (Å²) in [5.74, 6) is 1.76. The van der Waals surface area contributed by atoms with E-state index in [0.29, 0.717) is 40.8 Å². The van der Waals surface area contributed by atoms with Crippen molar-refractivity contribution in [2.24, 2.45) is 21.5 Å². The molecule has 0 atom stereocenters. The Morgan fingerprint density at radius 1 is 0.857 bits per heavy atom. The molecule has 4 N–H and O–H groups in total. The first-order valence-corrected chi connectivity index (χ1v) is 12.1. The topological polar surface area (TPSA) is 116 Å². The molecule has 0 aliphatic heterocycles. The largest absolute Gasteiger partial charge is 0.462 e. The van der Waals surface area contributed by atoms with Crippen LogP contribution in [-0.2, 0) is 4.74 Å². The van der Waals surface area contributed by atoms with Crippen LogP contribution in [-0.4, -0.2) is 36.3 Å². The number of ether oxygens (including phenoxy) is 1. The van der Waals surface area contributed by atoms with Gasteiger partial charge in [-0.05, 0) is 39.5 Å². The number of hydrogen-bond donors (Lipinski definition) is 2. The van der Waals surface area contributed by atoms with E-state index in [1.165, 1.54) is 0 Å². The van der Waals surface area contributed by atoms with Crippen molar-refractivity contribution in [3.8, 4) is 22.6 Å². The molecule has 0 amide bonds. The van der Waals surface area contributed by atoms with Crippen LogP contribution in [0.1, 0.15) is 59.7 Å². The first kappa shape index (κ1) is 22.9. The van der Waals surface area contributed by atoms with E-state index < -0.39 is 5.97 Å². The zero-order chi connectivity index (χ0) is 24.5. The molecule has 0 unspecified atom stereocenters. The highest BCUT2D eigenvalue weighted by Gasteiger charge is 2.26. The van der Waals surface area contributed by atoms with Crippen molar-refractivity contribution < 1.29 is 13.9 Å². The summed E-state index contributed by atoms with van der Waals surface area (Å²) in [6, 6.07) is 16.0. The molecule has 5 rings (SSSR count). The van der Waals surface area contributed by atoms with E-state index in [9.17, 15) is 4.79 Å². The van der Waals surface area contributed by atoms with Gasteiger partial charge in [0.25, 0.3) is 0 Å². The zero-order valence-corrected chi connectivity index (χ0v) is 20.1. The van der Waals surface area contributed by atoms with E-state index in [2.05, 4.69) is 9.98 Å². The molecule has 0 saturated heterocycles. The molecule has 2 aliphatic carbocycles. The molecule has 2 aromatic carbocycles. The smallest absolute Gasteiger partial charge is 0.342 e. The van der Waals surface area contributed by atoms with Gasteiger partial charge in [0.1, 0.15) is 28.8 Å².